The Morgan fingerprint density at radius 2 is 1.59 bits per heavy atom. The summed E-state index contributed by atoms with van der Waals surface area (Å²) >= 11 is 0. The molecule has 0 amide bonds. The Hall–Kier alpha value is -4.07. The molecule has 1 heterocycles. The van der Waals surface area contributed by atoms with Gasteiger partial charge < -0.3 is 24.7 Å². The summed E-state index contributed by atoms with van der Waals surface area (Å²) in [5.74, 6) is -3.15. The summed E-state index contributed by atoms with van der Waals surface area (Å²) in [6.07, 6.45) is 1.64. The lowest BCUT2D eigenvalue weighted by Gasteiger charge is -2.11. The molecule has 0 spiro atoms. The van der Waals surface area contributed by atoms with Gasteiger partial charge in [-0.3, -0.25) is 9.89 Å². The molecule has 1 N–H and O–H groups in total. The summed E-state index contributed by atoms with van der Waals surface area (Å²) in [6, 6.07) is 10.7. The molecule has 0 aliphatic carbocycles. The van der Waals surface area contributed by atoms with Gasteiger partial charge in [-0.2, -0.15) is 0 Å². The SMILES string of the molecule is C=c1[nH]n(-c2cc(C(=O)[O-])cc(C(=O)[O-])c2)c(=O)/c1=C\c1ccc(N(C)C)cc1. The van der Waals surface area contributed by atoms with E-state index in [0.717, 1.165) is 34.1 Å². The van der Waals surface area contributed by atoms with E-state index in [9.17, 15) is 24.6 Å². The number of hydrogen-bond donors (Lipinski definition) is 1. The van der Waals surface area contributed by atoms with E-state index in [1.807, 2.05) is 43.3 Å². The van der Waals surface area contributed by atoms with Crippen LogP contribution < -0.4 is 31.2 Å². The van der Waals surface area contributed by atoms with Crippen LogP contribution in [0.15, 0.2) is 47.3 Å². The van der Waals surface area contributed by atoms with E-state index in [1.54, 1.807) is 6.08 Å². The first kappa shape index (κ1) is 19.7. The Balaban J connectivity index is 2.16. The molecule has 0 saturated heterocycles. The number of carbonyl (C=O) groups is 2. The van der Waals surface area contributed by atoms with Gasteiger partial charge in [-0.15, -0.1) is 0 Å². The van der Waals surface area contributed by atoms with Crippen molar-refractivity contribution < 1.29 is 19.8 Å². The van der Waals surface area contributed by atoms with Crippen molar-refractivity contribution in [3.8, 4) is 5.69 Å². The first-order valence-corrected chi connectivity index (χ1v) is 8.54. The Labute approximate surface area is 165 Å². The van der Waals surface area contributed by atoms with E-state index in [-0.39, 0.29) is 10.9 Å². The molecule has 0 saturated carbocycles. The van der Waals surface area contributed by atoms with Gasteiger partial charge >= 0.3 is 0 Å². The maximum atomic E-state index is 12.9. The fraction of sp³-hybridized carbons (Fsp3) is 0.0952. The molecular weight excluding hydrogens is 374 g/mol. The number of nitrogens with one attached hydrogen (secondary N) is 1. The molecule has 3 rings (SSSR count). The number of carboxylic acid groups (broad SMARTS) is 2. The second kappa shape index (κ2) is 7.51. The second-order valence-electron chi connectivity index (χ2n) is 6.62. The molecule has 1 aromatic heterocycles. The van der Waals surface area contributed by atoms with Crippen LogP contribution in [0.3, 0.4) is 0 Å². The first-order valence-electron chi connectivity index (χ1n) is 8.54. The van der Waals surface area contributed by atoms with Crippen molar-refractivity contribution in [1.29, 1.82) is 0 Å². The molecule has 0 radical (unpaired) electrons. The number of aromatic nitrogens is 2. The van der Waals surface area contributed by atoms with Crippen molar-refractivity contribution in [2.75, 3.05) is 19.0 Å². The molecule has 0 bridgehead atoms. The molecule has 0 fully saturated rings. The minimum Gasteiger partial charge on any atom is -0.545 e. The highest BCUT2D eigenvalue weighted by Crippen LogP contribution is 2.13. The third kappa shape index (κ3) is 3.96. The van der Waals surface area contributed by atoms with Crippen LogP contribution in [0, 0.1) is 0 Å². The normalized spacial score (nSPS) is 11.4. The van der Waals surface area contributed by atoms with Gasteiger partial charge in [0.15, 0.2) is 0 Å². The van der Waals surface area contributed by atoms with Crippen LogP contribution >= 0.6 is 0 Å². The Morgan fingerprint density at radius 3 is 2.07 bits per heavy atom. The van der Waals surface area contributed by atoms with Crippen molar-refractivity contribution in [1.82, 2.24) is 9.78 Å². The van der Waals surface area contributed by atoms with E-state index in [2.05, 4.69) is 11.7 Å². The summed E-state index contributed by atoms with van der Waals surface area (Å²) in [7, 11) is 3.83. The highest BCUT2D eigenvalue weighted by Gasteiger charge is 2.09. The zero-order chi connectivity index (χ0) is 21.3. The van der Waals surface area contributed by atoms with Crippen molar-refractivity contribution >= 4 is 30.3 Å². The predicted molar refractivity (Wildman–Crippen MR) is 104 cm³/mol. The van der Waals surface area contributed by atoms with Crippen molar-refractivity contribution in [3.63, 3.8) is 0 Å². The number of benzene rings is 2. The van der Waals surface area contributed by atoms with Crippen LogP contribution in [0.4, 0.5) is 5.69 Å². The highest BCUT2D eigenvalue weighted by atomic mass is 16.4. The summed E-state index contributed by atoms with van der Waals surface area (Å²) in [4.78, 5) is 37.2. The van der Waals surface area contributed by atoms with Gasteiger partial charge in [-0.1, -0.05) is 18.7 Å². The van der Waals surface area contributed by atoms with Crippen LogP contribution in [0.25, 0.3) is 18.3 Å². The molecule has 8 heteroatoms. The largest absolute Gasteiger partial charge is 0.545 e. The zero-order valence-corrected chi connectivity index (χ0v) is 15.8. The van der Waals surface area contributed by atoms with Crippen LogP contribution in [0.5, 0.6) is 0 Å². The summed E-state index contributed by atoms with van der Waals surface area (Å²) < 4.78 is 1.03. The van der Waals surface area contributed by atoms with Crippen LogP contribution in [0.1, 0.15) is 26.3 Å². The molecule has 2 aromatic carbocycles. The Bertz CT molecular complexity index is 1230. The minimum atomic E-state index is -1.57. The third-order valence-corrected chi connectivity index (χ3v) is 4.37. The lowest BCUT2D eigenvalue weighted by molar-refractivity contribution is -0.255. The fourth-order valence-electron chi connectivity index (χ4n) is 2.84. The number of rotatable bonds is 5. The van der Waals surface area contributed by atoms with Gasteiger partial charge in [0.1, 0.15) is 0 Å². The number of aromatic carboxylic acids is 2. The fourth-order valence-corrected chi connectivity index (χ4v) is 2.84. The van der Waals surface area contributed by atoms with E-state index >= 15 is 0 Å². The highest BCUT2D eigenvalue weighted by molar-refractivity contribution is 5.93. The number of carboxylic acids is 2. The maximum absolute atomic E-state index is 12.9. The molecule has 29 heavy (non-hydrogen) atoms. The van der Waals surface area contributed by atoms with Crippen LogP contribution in [-0.4, -0.2) is 35.8 Å². The van der Waals surface area contributed by atoms with E-state index in [0.29, 0.717) is 5.35 Å². The zero-order valence-electron chi connectivity index (χ0n) is 15.8. The standard InChI is InChI=1S/C21H19N3O5/c1-12-18(8-13-4-6-16(7-5-13)23(2)3)19(25)24(22-12)17-10-14(20(26)27)9-15(11-17)21(28)29/h4-11,22H,1H2,2-3H3,(H,26,27)(H,28,29)/p-2/b18-8-. The number of anilines is 1. The topological polar surface area (TPSA) is 121 Å². The predicted octanol–water partition coefficient (Wildman–Crippen LogP) is -1.80. The lowest BCUT2D eigenvalue weighted by atomic mass is 10.1. The summed E-state index contributed by atoms with van der Waals surface area (Å²) in [6.45, 7) is 3.81. The van der Waals surface area contributed by atoms with Crippen molar-refractivity contribution in [3.05, 3.63) is 80.1 Å². The van der Waals surface area contributed by atoms with E-state index in [4.69, 9.17) is 0 Å². The monoisotopic (exact) mass is 391 g/mol. The molecule has 148 valence electrons. The van der Waals surface area contributed by atoms with Gasteiger partial charge in [0.25, 0.3) is 5.56 Å². The number of hydrogen-bond acceptors (Lipinski definition) is 6. The van der Waals surface area contributed by atoms with Crippen LogP contribution in [0.2, 0.25) is 0 Å². The molecule has 0 atom stereocenters. The van der Waals surface area contributed by atoms with E-state index in [1.165, 1.54) is 0 Å². The number of carbonyl (C=O) groups excluding carboxylic acids is 2. The van der Waals surface area contributed by atoms with Gasteiger partial charge in [-0.05, 0) is 53.1 Å². The Morgan fingerprint density at radius 1 is 1.03 bits per heavy atom. The molecule has 8 nitrogen and oxygen atoms in total. The summed E-state index contributed by atoms with van der Waals surface area (Å²) in [5, 5.41) is 25.7. The number of aromatic amines is 1. The Kier molecular flexibility index (Phi) is 5.10. The third-order valence-electron chi connectivity index (χ3n) is 4.37. The molecule has 0 aliphatic heterocycles. The van der Waals surface area contributed by atoms with Gasteiger partial charge in [-0.25, -0.2) is 4.68 Å². The number of H-pyrrole nitrogens is 1. The average Bonchev–Trinajstić information content (AvgIpc) is 2.96. The first-order chi connectivity index (χ1) is 13.7. The maximum Gasteiger partial charge on any atom is 0.279 e. The smallest absolute Gasteiger partial charge is 0.279 e. The van der Waals surface area contributed by atoms with E-state index < -0.39 is 28.6 Å². The molecule has 0 unspecified atom stereocenters. The van der Waals surface area contributed by atoms with Gasteiger partial charge in [0, 0.05) is 19.8 Å². The average molecular weight is 391 g/mol. The minimum absolute atomic E-state index is 0.0170. The quantitative estimate of drug-likeness (QED) is 0.548. The second-order valence-corrected chi connectivity index (χ2v) is 6.62. The summed E-state index contributed by atoms with van der Waals surface area (Å²) in [5.41, 5.74) is 0.493. The molecule has 3 aromatic rings. The molecular formula is C21H17N3O5-2. The van der Waals surface area contributed by atoms with Gasteiger partial charge in [0.05, 0.1) is 28.2 Å². The number of nitrogens with zero attached hydrogens (tertiary/aromatic N) is 2. The lowest BCUT2D eigenvalue weighted by Crippen LogP contribution is -2.34. The van der Waals surface area contributed by atoms with Crippen molar-refractivity contribution in [2.45, 2.75) is 0 Å². The van der Waals surface area contributed by atoms with Crippen LogP contribution in [-0.2, 0) is 0 Å². The van der Waals surface area contributed by atoms with Crippen molar-refractivity contribution in [2.24, 2.45) is 0 Å². The molecule has 0 aliphatic rings. The van der Waals surface area contributed by atoms with Gasteiger partial charge in [0.2, 0.25) is 0 Å².